The van der Waals surface area contributed by atoms with Gasteiger partial charge < -0.3 is 4.74 Å². The van der Waals surface area contributed by atoms with E-state index >= 15 is 0 Å². The Bertz CT molecular complexity index is 419. The lowest BCUT2D eigenvalue weighted by molar-refractivity contribution is -0.147. The van der Waals surface area contributed by atoms with E-state index in [9.17, 15) is 13.2 Å². The van der Waals surface area contributed by atoms with Gasteiger partial charge in [-0.3, -0.25) is 9.63 Å². The lowest BCUT2D eigenvalue weighted by Gasteiger charge is -2.31. The van der Waals surface area contributed by atoms with Crippen LogP contribution in [-0.4, -0.2) is 55.5 Å². The molecule has 2 saturated heterocycles. The van der Waals surface area contributed by atoms with E-state index in [0.717, 1.165) is 17.3 Å². The van der Waals surface area contributed by atoms with E-state index in [1.165, 1.54) is 4.31 Å². The van der Waals surface area contributed by atoms with E-state index in [1.807, 2.05) is 0 Å². The lowest BCUT2D eigenvalue weighted by Crippen LogP contribution is -2.50. The smallest absolute Gasteiger partial charge is 0.324 e. The summed E-state index contributed by atoms with van der Waals surface area (Å²) in [6.45, 7) is 3.04. The van der Waals surface area contributed by atoms with Crippen molar-refractivity contribution in [3.63, 3.8) is 0 Å². The van der Waals surface area contributed by atoms with Gasteiger partial charge in [0, 0.05) is 13.1 Å². The number of carbonyl (C=O) groups excluding carboxylic acids is 1. The van der Waals surface area contributed by atoms with Crippen molar-refractivity contribution in [3.05, 3.63) is 0 Å². The first-order valence-corrected chi connectivity index (χ1v) is 8.06. The molecule has 0 N–H and O–H groups in total. The highest BCUT2D eigenvalue weighted by Gasteiger charge is 2.43. The van der Waals surface area contributed by atoms with Gasteiger partial charge in [0.15, 0.2) is 0 Å². The Morgan fingerprint density at radius 3 is 2.74 bits per heavy atom. The molecule has 0 radical (unpaired) electrons. The van der Waals surface area contributed by atoms with Crippen LogP contribution in [0.2, 0.25) is 0 Å². The van der Waals surface area contributed by atoms with Crippen LogP contribution in [0.5, 0.6) is 0 Å². The van der Waals surface area contributed by atoms with Crippen LogP contribution < -0.4 is 0 Å². The molecule has 110 valence electrons. The van der Waals surface area contributed by atoms with E-state index < -0.39 is 22.2 Å². The molecule has 0 amide bonds. The Hall–Kier alpha value is -0.700. The van der Waals surface area contributed by atoms with Crippen molar-refractivity contribution >= 4 is 16.2 Å². The molecule has 0 spiro atoms. The van der Waals surface area contributed by atoms with E-state index in [1.54, 1.807) is 6.92 Å². The molecule has 2 rings (SSSR count). The van der Waals surface area contributed by atoms with Gasteiger partial charge in [0.1, 0.15) is 6.04 Å². The summed E-state index contributed by atoms with van der Waals surface area (Å²) in [5.74, 6) is -0.472. The van der Waals surface area contributed by atoms with E-state index in [4.69, 9.17) is 9.57 Å². The molecule has 0 aromatic heterocycles. The Kier molecular flexibility index (Phi) is 4.77. The highest BCUT2D eigenvalue weighted by molar-refractivity contribution is 7.86. The fourth-order valence-corrected chi connectivity index (χ4v) is 4.04. The Morgan fingerprint density at radius 1 is 1.32 bits per heavy atom. The van der Waals surface area contributed by atoms with Gasteiger partial charge in [0.05, 0.1) is 13.2 Å². The highest BCUT2D eigenvalue weighted by Crippen LogP contribution is 2.25. The van der Waals surface area contributed by atoms with Crippen LogP contribution in [0.25, 0.3) is 0 Å². The topological polar surface area (TPSA) is 76.2 Å². The molecule has 2 fully saturated rings. The molecule has 2 aliphatic rings. The molecule has 0 saturated carbocycles. The van der Waals surface area contributed by atoms with Crippen LogP contribution in [-0.2, 0) is 24.6 Å². The number of ether oxygens (including phenoxy) is 1. The predicted molar refractivity (Wildman–Crippen MR) is 67.2 cm³/mol. The van der Waals surface area contributed by atoms with Crippen LogP contribution in [0.4, 0.5) is 0 Å². The summed E-state index contributed by atoms with van der Waals surface area (Å²) in [5, 5.41) is 0. The zero-order valence-electron chi connectivity index (χ0n) is 11.1. The summed E-state index contributed by atoms with van der Waals surface area (Å²) in [5.41, 5.74) is 0. The monoisotopic (exact) mass is 292 g/mol. The minimum Gasteiger partial charge on any atom is -0.465 e. The van der Waals surface area contributed by atoms with Crippen LogP contribution >= 0.6 is 0 Å². The Labute approximate surface area is 113 Å². The van der Waals surface area contributed by atoms with Gasteiger partial charge in [-0.15, -0.1) is 0 Å². The number of carbonyl (C=O) groups is 1. The molecule has 8 heteroatoms. The summed E-state index contributed by atoms with van der Waals surface area (Å²) in [6, 6.07) is -0.713. The zero-order valence-corrected chi connectivity index (χ0v) is 11.9. The van der Waals surface area contributed by atoms with Crippen molar-refractivity contribution in [2.45, 2.75) is 38.6 Å². The normalized spacial score (nSPS) is 26.5. The second-order valence-electron chi connectivity index (χ2n) is 4.60. The Morgan fingerprint density at radius 2 is 2.11 bits per heavy atom. The predicted octanol–water partition coefficient (Wildman–Crippen LogP) is 0.286. The largest absolute Gasteiger partial charge is 0.465 e. The molecule has 19 heavy (non-hydrogen) atoms. The average Bonchev–Trinajstić information content (AvgIpc) is 2.90. The third kappa shape index (κ3) is 3.07. The molecule has 0 aromatic rings. The van der Waals surface area contributed by atoms with Gasteiger partial charge in [-0.05, 0) is 32.6 Å². The quantitative estimate of drug-likeness (QED) is 0.696. The number of hydrogen-bond donors (Lipinski definition) is 0. The molecule has 0 aliphatic carbocycles. The number of nitrogens with zero attached hydrogens (tertiary/aromatic N) is 2. The van der Waals surface area contributed by atoms with E-state index in [0.29, 0.717) is 32.5 Å². The first-order valence-electron chi connectivity index (χ1n) is 6.66. The molecule has 2 aliphatic heterocycles. The fraction of sp³-hybridized carbons (Fsp3) is 0.909. The lowest BCUT2D eigenvalue weighted by atomic mass is 10.2. The van der Waals surface area contributed by atoms with Crippen molar-refractivity contribution in [2.24, 2.45) is 0 Å². The summed E-state index contributed by atoms with van der Waals surface area (Å²) < 4.78 is 32.0. The van der Waals surface area contributed by atoms with E-state index in [2.05, 4.69) is 0 Å². The summed E-state index contributed by atoms with van der Waals surface area (Å²) in [4.78, 5) is 17.0. The van der Waals surface area contributed by atoms with Gasteiger partial charge >= 0.3 is 16.2 Å². The van der Waals surface area contributed by atoms with Crippen molar-refractivity contribution in [3.8, 4) is 0 Å². The molecule has 1 atom stereocenters. The van der Waals surface area contributed by atoms with E-state index in [-0.39, 0.29) is 6.61 Å². The Balaban J connectivity index is 2.11. The summed E-state index contributed by atoms with van der Waals surface area (Å²) in [7, 11) is -3.73. The van der Waals surface area contributed by atoms with Crippen molar-refractivity contribution in [2.75, 3.05) is 26.3 Å². The molecule has 2 heterocycles. The van der Waals surface area contributed by atoms with Gasteiger partial charge in [-0.25, -0.2) is 0 Å². The maximum atomic E-state index is 12.4. The standard InChI is InChI=1S/C11H20N2O5S/c1-2-17-11(14)10-6-5-7-12(10)19(15,16)13-8-3-4-9-18-13/h10H,2-9H2,1H3. The van der Waals surface area contributed by atoms with Crippen molar-refractivity contribution in [1.29, 1.82) is 0 Å². The van der Waals surface area contributed by atoms with Gasteiger partial charge in [-0.2, -0.15) is 12.7 Å². The first-order chi connectivity index (χ1) is 9.07. The average molecular weight is 292 g/mol. The van der Waals surface area contributed by atoms with Crippen LogP contribution in [0.3, 0.4) is 0 Å². The van der Waals surface area contributed by atoms with Gasteiger partial charge in [0.25, 0.3) is 0 Å². The van der Waals surface area contributed by atoms with Gasteiger partial charge in [-0.1, -0.05) is 4.47 Å². The molecular weight excluding hydrogens is 272 g/mol. The number of esters is 1. The summed E-state index contributed by atoms with van der Waals surface area (Å²) >= 11 is 0. The minimum absolute atomic E-state index is 0.253. The molecule has 0 bridgehead atoms. The third-order valence-corrected chi connectivity index (χ3v) is 5.12. The van der Waals surface area contributed by atoms with Crippen LogP contribution in [0.15, 0.2) is 0 Å². The number of hydroxylamine groups is 1. The van der Waals surface area contributed by atoms with Crippen molar-refractivity contribution < 1.29 is 22.8 Å². The maximum absolute atomic E-state index is 12.4. The third-order valence-electron chi connectivity index (χ3n) is 3.29. The maximum Gasteiger partial charge on any atom is 0.324 e. The number of rotatable bonds is 4. The fourth-order valence-electron chi connectivity index (χ4n) is 2.36. The van der Waals surface area contributed by atoms with Crippen molar-refractivity contribution in [1.82, 2.24) is 8.77 Å². The minimum atomic E-state index is -3.73. The second kappa shape index (κ2) is 6.17. The van der Waals surface area contributed by atoms with Crippen LogP contribution in [0, 0.1) is 0 Å². The highest BCUT2D eigenvalue weighted by atomic mass is 32.2. The molecular formula is C11H20N2O5S. The summed E-state index contributed by atoms with van der Waals surface area (Å²) in [6.07, 6.45) is 2.80. The molecule has 1 unspecified atom stereocenters. The zero-order chi connectivity index (χ0) is 13.9. The SMILES string of the molecule is CCOC(=O)C1CCCN1S(=O)(=O)N1CCCCO1. The molecule has 0 aromatic carbocycles. The second-order valence-corrected chi connectivity index (χ2v) is 6.37. The van der Waals surface area contributed by atoms with Crippen LogP contribution in [0.1, 0.15) is 32.6 Å². The van der Waals surface area contributed by atoms with Gasteiger partial charge in [0.2, 0.25) is 0 Å². The number of hydrogen-bond acceptors (Lipinski definition) is 5. The molecule has 7 nitrogen and oxygen atoms in total. The first kappa shape index (κ1) is 14.7.